The number of benzene rings is 2. The molecular formula is C17H17ClF2N2O3. The average molecular weight is 371 g/mol. The zero-order chi connectivity index (χ0) is 18.2. The number of aryl methyl sites for hydroxylation is 1. The number of anilines is 1. The zero-order valence-corrected chi connectivity index (χ0v) is 14.1. The summed E-state index contributed by atoms with van der Waals surface area (Å²) in [5.41, 5.74) is 0.791. The average Bonchev–Trinajstić information content (AvgIpc) is 2.54. The van der Waals surface area contributed by atoms with Crippen LogP contribution in [0.3, 0.4) is 0 Å². The predicted octanol–water partition coefficient (Wildman–Crippen LogP) is 4.45. The van der Waals surface area contributed by atoms with Crippen molar-refractivity contribution < 1.29 is 23.0 Å². The van der Waals surface area contributed by atoms with Crippen LogP contribution in [0, 0.1) is 6.92 Å². The van der Waals surface area contributed by atoms with Gasteiger partial charge in [0.25, 0.3) is 0 Å². The normalized spacial score (nSPS) is 10.4. The lowest BCUT2D eigenvalue weighted by atomic mass is 10.2. The number of ether oxygens (including phenoxy) is 2. The highest BCUT2D eigenvalue weighted by atomic mass is 35.5. The molecule has 2 aromatic carbocycles. The van der Waals surface area contributed by atoms with Gasteiger partial charge < -0.3 is 20.1 Å². The lowest BCUT2D eigenvalue weighted by molar-refractivity contribution is -0.0493. The van der Waals surface area contributed by atoms with Crippen LogP contribution in [0.1, 0.15) is 5.56 Å². The lowest BCUT2D eigenvalue weighted by Gasteiger charge is -2.15. The van der Waals surface area contributed by atoms with Crippen molar-refractivity contribution in [2.75, 3.05) is 18.5 Å². The van der Waals surface area contributed by atoms with Crippen LogP contribution in [0.2, 0.25) is 5.02 Å². The van der Waals surface area contributed by atoms with E-state index >= 15 is 0 Å². The summed E-state index contributed by atoms with van der Waals surface area (Å²) < 4.78 is 34.7. The molecule has 0 saturated carbocycles. The summed E-state index contributed by atoms with van der Waals surface area (Å²) in [5, 5.41) is 5.63. The molecule has 0 aliphatic carbocycles. The molecule has 134 valence electrons. The van der Waals surface area contributed by atoms with Gasteiger partial charge in [0.05, 0.1) is 12.2 Å². The Kier molecular flexibility index (Phi) is 6.82. The Morgan fingerprint density at radius 2 is 2.00 bits per heavy atom. The van der Waals surface area contributed by atoms with Crippen molar-refractivity contribution in [2.24, 2.45) is 0 Å². The second kappa shape index (κ2) is 9.08. The van der Waals surface area contributed by atoms with Crippen molar-refractivity contribution in [3.8, 4) is 11.5 Å². The minimum absolute atomic E-state index is 0.0969. The number of hydrogen-bond acceptors (Lipinski definition) is 3. The van der Waals surface area contributed by atoms with E-state index in [0.29, 0.717) is 16.3 Å². The molecule has 0 unspecified atom stereocenters. The van der Waals surface area contributed by atoms with E-state index in [1.165, 1.54) is 6.07 Å². The number of para-hydroxylation sites is 1. The molecule has 0 aromatic heterocycles. The van der Waals surface area contributed by atoms with E-state index < -0.39 is 12.6 Å². The summed E-state index contributed by atoms with van der Waals surface area (Å²) in [6, 6.07) is 10.9. The van der Waals surface area contributed by atoms with E-state index in [-0.39, 0.29) is 24.6 Å². The van der Waals surface area contributed by atoms with Crippen molar-refractivity contribution in [3.63, 3.8) is 0 Å². The van der Waals surface area contributed by atoms with Crippen molar-refractivity contribution in [2.45, 2.75) is 13.5 Å². The molecule has 8 heteroatoms. The van der Waals surface area contributed by atoms with Crippen LogP contribution < -0.4 is 20.1 Å². The largest absolute Gasteiger partial charge is 0.492 e. The van der Waals surface area contributed by atoms with Crippen LogP contribution in [-0.4, -0.2) is 25.8 Å². The maximum atomic E-state index is 12.4. The Morgan fingerprint density at radius 1 is 1.24 bits per heavy atom. The van der Waals surface area contributed by atoms with E-state index in [4.69, 9.17) is 16.3 Å². The van der Waals surface area contributed by atoms with Gasteiger partial charge in [0.15, 0.2) is 0 Å². The molecule has 2 aromatic rings. The van der Waals surface area contributed by atoms with Gasteiger partial charge in [0, 0.05) is 5.02 Å². The van der Waals surface area contributed by atoms with Gasteiger partial charge in [0.1, 0.15) is 18.1 Å². The summed E-state index contributed by atoms with van der Waals surface area (Å²) in [4.78, 5) is 11.9. The van der Waals surface area contributed by atoms with Crippen LogP contribution in [0.25, 0.3) is 0 Å². The SMILES string of the molecule is Cc1cccc(OC(F)F)c1NC(=O)NCCOc1cccc(Cl)c1. The van der Waals surface area contributed by atoms with Gasteiger partial charge in [-0.1, -0.05) is 29.8 Å². The van der Waals surface area contributed by atoms with E-state index in [9.17, 15) is 13.6 Å². The molecule has 0 aliphatic rings. The Morgan fingerprint density at radius 3 is 2.72 bits per heavy atom. The Labute approximate surface area is 148 Å². The number of alkyl halides is 2. The minimum Gasteiger partial charge on any atom is -0.492 e. The Bertz CT molecular complexity index is 729. The quantitative estimate of drug-likeness (QED) is 0.708. The van der Waals surface area contributed by atoms with E-state index in [1.807, 2.05) is 0 Å². The first kappa shape index (κ1) is 18.8. The number of carbonyl (C=O) groups excluding carboxylic acids is 1. The maximum Gasteiger partial charge on any atom is 0.387 e. The van der Waals surface area contributed by atoms with Crippen LogP contribution in [0.5, 0.6) is 11.5 Å². The number of halogens is 3. The summed E-state index contributed by atoms with van der Waals surface area (Å²) in [5.74, 6) is 0.488. The highest BCUT2D eigenvalue weighted by Gasteiger charge is 2.13. The van der Waals surface area contributed by atoms with Crippen LogP contribution in [0.4, 0.5) is 19.3 Å². The van der Waals surface area contributed by atoms with Crippen molar-refractivity contribution in [1.82, 2.24) is 5.32 Å². The van der Waals surface area contributed by atoms with E-state index in [0.717, 1.165) is 0 Å². The molecule has 2 N–H and O–H groups in total. The van der Waals surface area contributed by atoms with Gasteiger partial charge in [-0.15, -0.1) is 0 Å². The van der Waals surface area contributed by atoms with Gasteiger partial charge in [-0.25, -0.2) is 4.79 Å². The first-order chi connectivity index (χ1) is 12.0. The first-order valence-electron chi connectivity index (χ1n) is 7.43. The fourth-order valence-corrected chi connectivity index (χ4v) is 2.22. The molecule has 2 amide bonds. The van der Waals surface area contributed by atoms with E-state index in [1.54, 1.807) is 43.3 Å². The molecule has 0 heterocycles. The Balaban J connectivity index is 1.84. The second-order valence-electron chi connectivity index (χ2n) is 5.01. The van der Waals surface area contributed by atoms with Crippen molar-refractivity contribution in [1.29, 1.82) is 0 Å². The number of urea groups is 1. The highest BCUT2D eigenvalue weighted by Crippen LogP contribution is 2.29. The van der Waals surface area contributed by atoms with Crippen LogP contribution in [0.15, 0.2) is 42.5 Å². The molecule has 0 saturated heterocycles. The van der Waals surface area contributed by atoms with E-state index in [2.05, 4.69) is 15.4 Å². The third kappa shape index (κ3) is 6.11. The van der Waals surface area contributed by atoms with Crippen LogP contribution >= 0.6 is 11.6 Å². The summed E-state index contributed by atoms with van der Waals surface area (Å²) in [6.07, 6.45) is 0. The fourth-order valence-electron chi connectivity index (χ4n) is 2.04. The second-order valence-corrected chi connectivity index (χ2v) is 5.45. The molecule has 0 bridgehead atoms. The highest BCUT2D eigenvalue weighted by molar-refractivity contribution is 6.30. The zero-order valence-electron chi connectivity index (χ0n) is 13.4. The van der Waals surface area contributed by atoms with Crippen molar-refractivity contribution >= 4 is 23.3 Å². The molecule has 25 heavy (non-hydrogen) atoms. The number of amides is 2. The minimum atomic E-state index is -2.98. The maximum absolute atomic E-state index is 12.4. The molecule has 0 fully saturated rings. The fraction of sp³-hybridized carbons (Fsp3) is 0.235. The molecule has 0 atom stereocenters. The van der Waals surface area contributed by atoms with Crippen LogP contribution in [-0.2, 0) is 0 Å². The number of rotatable bonds is 7. The van der Waals surface area contributed by atoms with Gasteiger partial charge in [-0.3, -0.25) is 0 Å². The number of carbonyl (C=O) groups is 1. The van der Waals surface area contributed by atoms with Gasteiger partial charge in [0.2, 0.25) is 0 Å². The molecule has 5 nitrogen and oxygen atoms in total. The predicted molar refractivity (Wildman–Crippen MR) is 91.8 cm³/mol. The van der Waals surface area contributed by atoms with Crippen molar-refractivity contribution in [3.05, 3.63) is 53.1 Å². The molecule has 2 rings (SSSR count). The number of nitrogens with one attached hydrogen (secondary N) is 2. The summed E-state index contributed by atoms with van der Waals surface area (Å²) >= 11 is 5.84. The molecule has 0 radical (unpaired) electrons. The third-order valence-corrected chi connectivity index (χ3v) is 3.38. The molecule has 0 aliphatic heterocycles. The van der Waals surface area contributed by atoms with Gasteiger partial charge in [-0.05, 0) is 36.8 Å². The first-order valence-corrected chi connectivity index (χ1v) is 7.81. The molecule has 0 spiro atoms. The smallest absolute Gasteiger partial charge is 0.387 e. The monoisotopic (exact) mass is 370 g/mol. The topological polar surface area (TPSA) is 59.6 Å². The third-order valence-electron chi connectivity index (χ3n) is 3.14. The molecular weight excluding hydrogens is 354 g/mol. The van der Waals surface area contributed by atoms with Gasteiger partial charge >= 0.3 is 12.6 Å². The van der Waals surface area contributed by atoms with Gasteiger partial charge in [-0.2, -0.15) is 8.78 Å². The standard InChI is InChI=1S/C17H17ClF2N2O3/c1-11-4-2-7-14(25-16(19)20)15(11)22-17(23)21-8-9-24-13-6-3-5-12(18)10-13/h2-7,10,16H,8-9H2,1H3,(H2,21,22,23). The number of hydrogen-bond donors (Lipinski definition) is 2. The summed E-state index contributed by atoms with van der Waals surface area (Å²) in [7, 11) is 0. The Hall–Kier alpha value is -2.54. The summed E-state index contributed by atoms with van der Waals surface area (Å²) in [6.45, 7) is -0.857. The lowest BCUT2D eigenvalue weighted by Crippen LogP contribution is -2.32.